The van der Waals surface area contributed by atoms with Crippen LogP contribution in [0.5, 0.6) is 0 Å². The summed E-state index contributed by atoms with van der Waals surface area (Å²) in [5.74, 6) is -1.85. The summed E-state index contributed by atoms with van der Waals surface area (Å²) >= 11 is 0. The maximum Gasteiger partial charge on any atom is 0.296 e. The number of ether oxygens (including phenoxy) is 1. The van der Waals surface area contributed by atoms with Gasteiger partial charge in [0.25, 0.3) is 5.98 Å². The molecule has 2 atom stereocenters. The lowest BCUT2D eigenvalue weighted by molar-refractivity contribution is -0.199. The van der Waals surface area contributed by atoms with Gasteiger partial charge in [0.1, 0.15) is 18.2 Å². The van der Waals surface area contributed by atoms with E-state index in [1.165, 1.54) is 17.2 Å². The predicted octanol–water partition coefficient (Wildman–Crippen LogP) is 0.160. The van der Waals surface area contributed by atoms with Gasteiger partial charge in [-0.1, -0.05) is 0 Å². The molecule has 0 unspecified atom stereocenters. The second-order valence-electron chi connectivity index (χ2n) is 4.20. The summed E-state index contributed by atoms with van der Waals surface area (Å²) in [6.45, 7) is -0.213. The number of aromatic nitrogens is 4. The fraction of sp³-hybridized carbons (Fsp3) is 0.500. The number of aliphatic hydroxyl groups is 1. The van der Waals surface area contributed by atoms with Crippen molar-refractivity contribution in [1.29, 1.82) is 0 Å². The molecule has 0 bridgehead atoms. The molecule has 3 rings (SSSR count). The lowest BCUT2D eigenvalue weighted by Crippen LogP contribution is -2.29. The summed E-state index contributed by atoms with van der Waals surface area (Å²) in [6.07, 6.45) is 2.60. The molecule has 1 fully saturated rings. The minimum absolute atomic E-state index is 0.133. The van der Waals surface area contributed by atoms with Gasteiger partial charge in [-0.05, 0) is 6.42 Å². The molecule has 0 aromatic carbocycles. The number of alkyl halides is 1. The van der Waals surface area contributed by atoms with Crippen LogP contribution in [0.25, 0.3) is 11.2 Å². The highest BCUT2D eigenvalue weighted by molar-refractivity contribution is 5.81. The first-order chi connectivity index (χ1) is 8.64. The first-order valence-corrected chi connectivity index (χ1v) is 5.55. The van der Waals surface area contributed by atoms with Crippen molar-refractivity contribution in [2.45, 2.75) is 24.9 Å². The highest BCUT2D eigenvalue weighted by Gasteiger charge is 2.43. The zero-order valence-electron chi connectivity index (χ0n) is 9.45. The molecule has 8 heteroatoms. The highest BCUT2D eigenvalue weighted by Crippen LogP contribution is 2.37. The lowest BCUT2D eigenvalue weighted by atomic mass is 10.2. The number of aliphatic hydroxyl groups excluding tert-OH is 1. The van der Waals surface area contributed by atoms with Gasteiger partial charge in [-0.25, -0.2) is 15.0 Å². The van der Waals surface area contributed by atoms with Crippen LogP contribution < -0.4 is 5.73 Å². The van der Waals surface area contributed by atoms with Crippen molar-refractivity contribution in [1.82, 2.24) is 19.5 Å². The minimum Gasteiger partial charge on any atom is -0.394 e. The van der Waals surface area contributed by atoms with Crippen LogP contribution in [0.1, 0.15) is 12.8 Å². The van der Waals surface area contributed by atoms with Crippen LogP contribution in [0.2, 0.25) is 0 Å². The Hall–Kier alpha value is -1.80. The molecule has 3 heterocycles. The normalized spacial score (nSPS) is 28.0. The molecular weight excluding hydrogens is 241 g/mol. The van der Waals surface area contributed by atoms with Gasteiger partial charge in [0.2, 0.25) is 0 Å². The smallest absolute Gasteiger partial charge is 0.296 e. The summed E-state index contributed by atoms with van der Waals surface area (Å²) in [5, 5.41) is 8.99. The Labute approximate surface area is 101 Å². The van der Waals surface area contributed by atoms with E-state index in [0.29, 0.717) is 11.9 Å². The molecule has 7 nitrogen and oxygen atoms in total. The number of halogens is 1. The molecule has 0 amide bonds. The van der Waals surface area contributed by atoms with Crippen molar-refractivity contribution >= 4 is 17.0 Å². The van der Waals surface area contributed by atoms with E-state index in [-0.39, 0.29) is 24.5 Å². The molecule has 1 aliphatic heterocycles. The average molecular weight is 253 g/mol. The zero-order chi connectivity index (χ0) is 12.8. The molecule has 0 radical (unpaired) electrons. The van der Waals surface area contributed by atoms with E-state index in [1.807, 2.05) is 0 Å². The molecule has 1 saturated heterocycles. The number of anilines is 1. The summed E-state index contributed by atoms with van der Waals surface area (Å²) in [5.41, 5.74) is 6.25. The maximum atomic E-state index is 14.7. The van der Waals surface area contributed by atoms with Crippen molar-refractivity contribution < 1.29 is 14.2 Å². The Balaban J connectivity index is 2.07. The van der Waals surface area contributed by atoms with Gasteiger partial charge in [-0.2, -0.15) is 4.39 Å². The van der Waals surface area contributed by atoms with Gasteiger partial charge in [-0.3, -0.25) is 4.57 Å². The number of hydrogen-bond donors (Lipinski definition) is 2. The Kier molecular flexibility index (Phi) is 2.42. The summed E-state index contributed by atoms with van der Waals surface area (Å²) < 4.78 is 21.1. The van der Waals surface area contributed by atoms with Gasteiger partial charge >= 0.3 is 0 Å². The second-order valence-corrected chi connectivity index (χ2v) is 4.20. The molecule has 2 aromatic rings. The Morgan fingerprint density at radius 3 is 3.11 bits per heavy atom. The number of rotatable bonds is 2. The van der Waals surface area contributed by atoms with Crippen LogP contribution >= 0.6 is 0 Å². The lowest BCUT2D eigenvalue weighted by Gasteiger charge is -2.21. The van der Waals surface area contributed by atoms with Crippen LogP contribution in [0.15, 0.2) is 12.7 Å². The zero-order valence-corrected chi connectivity index (χ0v) is 9.45. The highest BCUT2D eigenvalue weighted by atomic mass is 19.2. The Bertz CT molecular complexity index is 589. The van der Waals surface area contributed by atoms with Gasteiger partial charge < -0.3 is 15.6 Å². The molecule has 2 aromatic heterocycles. The summed E-state index contributed by atoms with van der Waals surface area (Å²) in [7, 11) is 0. The first-order valence-electron chi connectivity index (χ1n) is 5.55. The quantitative estimate of drug-likeness (QED) is 0.791. The van der Waals surface area contributed by atoms with Crippen LogP contribution in [-0.2, 0) is 10.7 Å². The van der Waals surface area contributed by atoms with Crippen molar-refractivity contribution in [2.24, 2.45) is 0 Å². The van der Waals surface area contributed by atoms with Crippen LogP contribution in [0, 0.1) is 0 Å². The molecule has 0 aliphatic carbocycles. The van der Waals surface area contributed by atoms with Crippen molar-refractivity contribution in [3.05, 3.63) is 12.7 Å². The third-order valence-corrected chi connectivity index (χ3v) is 3.05. The average Bonchev–Trinajstić information content (AvgIpc) is 2.94. The number of nitrogens with zero attached hydrogens (tertiary/aromatic N) is 4. The molecule has 18 heavy (non-hydrogen) atoms. The van der Waals surface area contributed by atoms with E-state index in [9.17, 15) is 4.39 Å². The number of nitrogens with two attached hydrogens (primary N) is 1. The Morgan fingerprint density at radius 2 is 2.39 bits per heavy atom. The predicted molar refractivity (Wildman–Crippen MR) is 60.0 cm³/mol. The Morgan fingerprint density at radius 1 is 1.56 bits per heavy atom. The molecule has 0 spiro atoms. The maximum absolute atomic E-state index is 14.7. The number of hydrogen-bond acceptors (Lipinski definition) is 6. The number of nitrogen functional groups attached to an aromatic ring is 1. The monoisotopic (exact) mass is 253 g/mol. The van der Waals surface area contributed by atoms with Crippen LogP contribution in [0.4, 0.5) is 10.2 Å². The third kappa shape index (κ3) is 1.53. The fourth-order valence-corrected chi connectivity index (χ4v) is 2.12. The molecular formula is C10H12FN5O2. The van der Waals surface area contributed by atoms with Crippen LogP contribution in [0.3, 0.4) is 0 Å². The third-order valence-electron chi connectivity index (χ3n) is 3.05. The summed E-state index contributed by atoms with van der Waals surface area (Å²) in [6, 6.07) is 0. The van der Waals surface area contributed by atoms with Crippen molar-refractivity contribution in [3.8, 4) is 0 Å². The van der Waals surface area contributed by atoms with Crippen molar-refractivity contribution in [2.75, 3.05) is 12.3 Å². The largest absolute Gasteiger partial charge is 0.394 e. The van der Waals surface area contributed by atoms with Gasteiger partial charge in [0.05, 0.1) is 12.7 Å². The van der Waals surface area contributed by atoms with Gasteiger partial charge in [0, 0.05) is 6.42 Å². The van der Waals surface area contributed by atoms with Crippen molar-refractivity contribution in [3.63, 3.8) is 0 Å². The molecule has 1 aliphatic rings. The van der Waals surface area contributed by atoms with E-state index in [4.69, 9.17) is 15.6 Å². The topological polar surface area (TPSA) is 99.1 Å². The van der Waals surface area contributed by atoms with E-state index >= 15 is 0 Å². The number of imidazole rings is 1. The second kappa shape index (κ2) is 3.85. The van der Waals surface area contributed by atoms with Gasteiger partial charge in [0.15, 0.2) is 11.5 Å². The summed E-state index contributed by atoms with van der Waals surface area (Å²) in [4.78, 5) is 11.7. The van der Waals surface area contributed by atoms with E-state index in [1.54, 1.807) is 0 Å². The molecule has 3 N–H and O–H groups in total. The standard InChI is InChI=1S/C10H12FN5O2/c11-10(2-1-6(3-17)18-10)16-5-15-7-8(12)13-4-14-9(7)16/h4-6,17H,1-3H2,(H2,12,13,14)/t6-,10-/m0/s1. The number of fused-ring (bicyclic) bond motifs is 1. The van der Waals surface area contributed by atoms with E-state index in [2.05, 4.69) is 15.0 Å². The SMILES string of the molecule is Nc1ncnc2c1ncn2[C@@]1(F)CC[C@@H](CO)O1. The van der Waals surface area contributed by atoms with E-state index < -0.39 is 12.1 Å². The first kappa shape index (κ1) is 11.3. The minimum atomic E-state index is -2.04. The molecule has 0 saturated carbocycles. The fourth-order valence-electron chi connectivity index (χ4n) is 2.12. The van der Waals surface area contributed by atoms with Gasteiger partial charge in [-0.15, -0.1) is 0 Å². The molecule has 96 valence electrons. The van der Waals surface area contributed by atoms with E-state index in [0.717, 1.165) is 0 Å². The van der Waals surface area contributed by atoms with Crippen LogP contribution in [-0.4, -0.2) is 37.3 Å².